The van der Waals surface area contributed by atoms with E-state index in [4.69, 9.17) is 4.74 Å². The molecule has 0 bridgehead atoms. The van der Waals surface area contributed by atoms with Crippen molar-refractivity contribution in [2.45, 2.75) is 44.8 Å². The minimum absolute atomic E-state index is 0.0320. The molecule has 1 heterocycles. The summed E-state index contributed by atoms with van der Waals surface area (Å²) in [6.07, 6.45) is 1.54. The van der Waals surface area contributed by atoms with Gasteiger partial charge in [0.2, 0.25) is 5.91 Å². The first-order valence-electron chi connectivity index (χ1n) is 11.9. The van der Waals surface area contributed by atoms with Gasteiger partial charge in [0.1, 0.15) is 6.61 Å². The van der Waals surface area contributed by atoms with Crippen molar-refractivity contribution < 1.29 is 14.3 Å². The van der Waals surface area contributed by atoms with Crippen LogP contribution in [-0.4, -0.2) is 30.0 Å². The summed E-state index contributed by atoms with van der Waals surface area (Å²) in [5.74, 6) is 0.0320. The van der Waals surface area contributed by atoms with Crippen molar-refractivity contribution in [1.29, 1.82) is 0 Å². The van der Waals surface area contributed by atoms with E-state index in [2.05, 4.69) is 36.5 Å². The van der Waals surface area contributed by atoms with Crippen LogP contribution in [0.4, 0.5) is 4.79 Å². The predicted molar refractivity (Wildman–Crippen MR) is 133 cm³/mol. The van der Waals surface area contributed by atoms with E-state index in [0.717, 1.165) is 29.5 Å². The standard InChI is InChI=1S/C29H32N2O3/c1-23-12-14-24(15-13-23)21-30-27(32)20-29(26-10-6-3-7-11-26)16-18-31(19-17-29)28(33)34-22-25-8-4-2-5-9-25/h2-15H,16-22H2,1H3,(H,30,32). The third-order valence-electron chi connectivity index (χ3n) is 6.68. The van der Waals surface area contributed by atoms with Gasteiger partial charge in [-0.2, -0.15) is 0 Å². The van der Waals surface area contributed by atoms with E-state index in [1.54, 1.807) is 4.90 Å². The maximum atomic E-state index is 13.0. The van der Waals surface area contributed by atoms with Gasteiger partial charge in [-0.3, -0.25) is 4.79 Å². The minimum atomic E-state index is -0.297. The highest BCUT2D eigenvalue weighted by Gasteiger charge is 2.39. The smallest absolute Gasteiger partial charge is 0.410 e. The molecule has 0 saturated carbocycles. The van der Waals surface area contributed by atoms with E-state index in [0.29, 0.717) is 26.1 Å². The molecule has 34 heavy (non-hydrogen) atoms. The molecule has 2 amide bonds. The normalized spacial score (nSPS) is 14.9. The number of amides is 2. The lowest BCUT2D eigenvalue weighted by Crippen LogP contribution is -2.47. The summed E-state index contributed by atoms with van der Waals surface area (Å²) >= 11 is 0. The first kappa shape index (κ1) is 23.6. The average Bonchev–Trinajstić information content (AvgIpc) is 2.88. The molecule has 1 aliphatic rings. The first-order chi connectivity index (χ1) is 16.5. The van der Waals surface area contributed by atoms with Crippen LogP contribution < -0.4 is 5.32 Å². The number of carbonyl (C=O) groups excluding carboxylic acids is 2. The monoisotopic (exact) mass is 456 g/mol. The molecule has 3 aromatic carbocycles. The Morgan fingerprint density at radius 3 is 2.12 bits per heavy atom. The van der Waals surface area contributed by atoms with E-state index in [-0.39, 0.29) is 24.0 Å². The number of piperidine rings is 1. The molecule has 176 valence electrons. The molecular weight excluding hydrogens is 424 g/mol. The Hall–Kier alpha value is -3.60. The predicted octanol–water partition coefficient (Wildman–Crippen LogP) is 5.37. The van der Waals surface area contributed by atoms with E-state index < -0.39 is 0 Å². The molecule has 1 N–H and O–H groups in total. The molecule has 0 spiro atoms. The SMILES string of the molecule is Cc1ccc(CNC(=O)CC2(c3ccccc3)CCN(C(=O)OCc3ccccc3)CC2)cc1. The van der Waals surface area contributed by atoms with Crippen molar-refractivity contribution in [3.8, 4) is 0 Å². The van der Waals surface area contributed by atoms with Crippen molar-refractivity contribution in [2.24, 2.45) is 0 Å². The van der Waals surface area contributed by atoms with Crippen LogP contribution in [0.25, 0.3) is 0 Å². The van der Waals surface area contributed by atoms with Gasteiger partial charge in [-0.05, 0) is 36.5 Å². The molecule has 0 radical (unpaired) electrons. The maximum Gasteiger partial charge on any atom is 0.410 e. The Morgan fingerprint density at radius 1 is 0.853 bits per heavy atom. The van der Waals surface area contributed by atoms with Crippen LogP contribution in [0.1, 0.15) is 41.5 Å². The van der Waals surface area contributed by atoms with Gasteiger partial charge in [-0.25, -0.2) is 4.79 Å². The Labute approximate surface area is 201 Å². The van der Waals surface area contributed by atoms with Gasteiger partial charge < -0.3 is 15.0 Å². The molecule has 1 saturated heterocycles. The highest BCUT2D eigenvalue weighted by molar-refractivity contribution is 5.78. The summed E-state index contributed by atoms with van der Waals surface area (Å²) in [6, 6.07) is 28.1. The van der Waals surface area contributed by atoms with Gasteiger partial charge in [0.05, 0.1) is 0 Å². The third kappa shape index (κ3) is 6.04. The number of hydrogen-bond acceptors (Lipinski definition) is 3. The fourth-order valence-electron chi connectivity index (χ4n) is 4.56. The molecule has 1 aliphatic heterocycles. The topological polar surface area (TPSA) is 58.6 Å². The minimum Gasteiger partial charge on any atom is -0.445 e. The second-order valence-corrected chi connectivity index (χ2v) is 9.11. The molecular formula is C29H32N2O3. The van der Waals surface area contributed by atoms with Crippen LogP contribution >= 0.6 is 0 Å². The summed E-state index contributed by atoms with van der Waals surface area (Å²) in [6.45, 7) is 3.96. The van der Waals surface area contributed by atoms with E-state index in [1.165, 1.54) is 5.56 Å². The lowest BCUT2D eigenvalue weighted by atomic mass is 9.70. The fraction of sp³-hybridized carbons (Fsp3) is 0.310. The highest BCUT2D eigenvalue weighted by Crippen LogP contribution is 2.39. The van der Waals surface area contributed by atoms with Gasteiger partial charge in [-0.1, -0.05) is 90.5 Å². The van der Waals surface area contributed by atoms with Gasteiger partial charge in [0.15, 0.2) is 0 Å². The summed E-state index contributed by atoms with van der Waals surface area (Å²) in [5, 5.41) is 3.09. The Kier molecular flexibility index (Phi) is 7.63. The van der Waals surface area contributed by atoms with Crippen LogP contribution in [0.3, 0.4) is 0 Å². The summed E-state index contributed by atoms with van der Waals surface area (Å²) < 4.78 is 5.53. The zero-order chi connectivity index (χ0) is 23.8. The first-order valence-corrected chi connectivity index (χ1v) is 11.9. The lowest BCUT2D eigenvalue weighted by Gasteiger charge is -2.41. The van der Waals surface area contributed by atoms with Crippen molar-refractivity contribution >= 4 is 12.0 Å². The summed E-state index contributed by atoms with van der Waals surface area (Å²) in [4.78, 5) is 27.4. The number of ether oxygens (including phenoxy) is 1. The van der Waals surface area contributed by atoms with Gasteiger partial charge in [0.25, 0.3) is 0 Å². The zero-order valence-electron chi connectivity index (χ0n) is 19.7. The summed E-state index contributed by atoms with van der Waals surface area (Å²) in [7, 11) is 0. The second kappa shape index (κ2) is 11.0. The van der Waals surface area contributed by atoms with E-state index in [1.807, 2.05) is 60.7 Å². The van der Waals surface area contributed by atoms with E-state index >= 15 is 0 Å². The fourth-order valence-corrected chi connectivity index (χ4v) is 4.56. The Bertz CT molecular complexity index is 1070. The van der Waals surface area contributed by atoms with Gasteiger partial charge in [-0.15, -0.1) is 0 Å². The molecule has 3 aromatic rings. The van der Waals surface area contributed by atoms with Crippen LogP contribution in [-0.2, 0) is 28.1 Å². The maximum absolute atomic E-state index is 13.0. The molecule has 4 rings (SSSR count). The van der Waals surface area contributed by atoms with Crippen molar-refractivity contribution in [3.63, 3.8) is 0 Å². The number of benzene rings is 3. The summed E-state index contributed by atoms with van der Waals surface area (Å²) in [5.41, 5.74) is 4.11. The molecule has 5 nitrogen and oxygen atoms in total. The van der Waals surface area contributed by atoms with Crippen LogP contribution in [0.2, 0.25) is 0 Å². The number of nitrogens with one attached hydrogen (secondary N) is 1. The van der Waals surface area contributed by atoms with Crippen molar-refractivity contribution in [3.05, 3.63) is 107 Å². The third-order valence-corrected chi connectivity index (χ3v) is 6.68. The van der Waals surface area contributed by atoms with Crippen LogP contribution in [0.15, 0.2) is 84.9 Å². The number of likely N-dealkylation sites (tertiary alicyclic amines) is 1. The Morgan fingerprint density at radius 2 is 1.47 bits per heavy atom. The largest absolute Gasteiger partial charge is 0.445 e. The molecule has 0 aromatic heterocycles. The zero-order valence-corrected chi connectivity index (χ0v) is 19.7. The average molecular weight is 457 g/mol. The van der Waals surface area contributed by atoms with Gasteiger partial charge >= 0.3 is 6.09 Å². The van der Waals surface area contributed by atoms with E-state index in [9.17, 15) is 9.59 Å². The molecule has 5 heteroatoms. The quantitative estimate of drug-likeness (QED) is 0.520. The van der Waals surface area contributed by atoms with Crippen molar-refractivity contribution in [2.75, 3.05) is 13.1 Å². The molecule has 0 unspecified atom stereocenters. The van der Waals surface area contributed by atoms with Gasteiger partial charge in [0, 0.05) is 31.5 Å². The van der Waals surface area contributed by atoms with Crippen molar-refractivity contribution in [1.82, 2.24) is 10.2 Å². The lowest BCUT2D eigenvalue weighted by molar-refractivity contribution is -0.123. The molecule has 1 fully saturated rings. The molecule has 0 atom stereocenters. The number of rotatable bonds is 7. The number of nitrogens with zero attached hydrogens (tertiary/aromatic N) is 1. The number of aryl methyl sites for hydroxylation is 1. The molecule has 0 aliphatic carbocycles. The van der Waals surface area contributed by atoms with Crippen LogP contribution in [0.5, 0.6) is 0 Å². The number of hydrogen-bond donors (Lipinski definition) is 1. The highest BCUT2D eigenvalue weighted by atomic mass is 16.6. The van der Waals surface area contributed by atoms with Crippen LogP contribution in [0, 0.1) is 6.92 Å². The number of carbonyl (C=O) groups is 2. The second-order valence-electron chi connectivity index (χ2n) is 9.11. The Balaban J connectivity index is 1.37.